The lowest BCUT2D eigenvalue weighted by Gasteiger charge is -1.98. The van der Waals surface area contributed by atoms with Gasteiger partial charge in [-0.3, -0.25) is 0 Å². The van der Waals surface area contributed by atoms with Crippen molar-refractivity contribution in [1.82, 2.24) is 4.73 Å². The molecule has 2 nitrogen and oxygen atoms in total. The molecule has 0 fully saturated rings. The molecule has 0 unspecified atom stereocenters. The summed E-state index contributed by atoms with van der Waals surface area (Å²) in [7, 11) is 0. The van der Waals surface area contributed by atoms with Crippen LogP contribution in [0.4, 0.5) is 0 Å². The number of rotatable bonds is 1. The van der Waals surface area contributed by atoms with E-state index < -0.39 is 0 Å². The second-order valence-electron chi connectivity index (χ2n) is 2.96. The minimum atomic E-state index is 0.487. The van der Waals surface area contributed by atoms with Crippen molar-refractivity contribution >= 4 is 23.6 Å². The van der Waals surface area contributed by atoms with E-state index in [-0.39, 0.29) is 0 Å². The normalized spacial score (nSPS) is 10.4. The van der Waals surface area contributed by atoms with Crippen molar-refractivity contribution in [3.8, 4) is 10.4 Å². The number of thiazole rings is 1. The van der Waals surface area contributed by atoms with Gasteiger partial charge in [-0.2, -0.15) is 4.73 Å². The molecule has 1 N–H and O–H groups in total. The Kier molecular flexibility index (Phi) is 2.39. The highest BCUT2D eigenvalue weighted by atomic mass is 32.1. The largest absolute Gasteiger partial charge is 0.427 e. The van der Waals surface area contributed by atoms with Gasteiger partial charge in [0.05, 0.1) is 10.6 Å². The van der Waals surface area contributed by atoms with Crippen LogP contribution in [0.2, 0.25) is 0 Å². The van der Waals surface area contributed by atoms with Crippen molar-refractivity contribution in [2.24, 2.45) is 0 Å². The summed E-state index contributed by atoms with van der Waals surface area (Å²) >= 11 is 6.41. The van der Waals surface area contributed by atoms with Crippen LogP contribution in [0.15, 0.2) is 30.3 Å². The zero-order chi connectivity index (χ0) is 10.1. The predicted molar refractivity (Wildman–Crippen MR) is 60.5 cm³/mol. The highest BCUT2D eigenvalue weighted by molar-refractivity contribution is 7.73. The number of benzene rings is 1. The van der Waals surface area contributed by atoms with Crippen LogP contribution in [0.3, 0.4) is 0 Å². The Bertz CT molecular complexity index is 499. The molecule has 0 spiro atoms. The molecule has 1 aromatic carbocycles. The molecular weight excluding hydrogens is 214 g/mol. The van der Waals surface area contributed by atoms with Crippen LogP contribution in [0.25, 0.3) is 10.4 Å². The topological polar surface area (TPSA) is 25.2 Å². The van der Waals surface area contributed by atoms with Gasteiger partial charge in [0.2, 0.25) is 0 Å². The average Bonchev–Trinajstić information content (AvgIpc) is 2.47. The van der Waals surface area contributed by atoms with E-state index in [0.717, 1.165) is 20.9 Å². The first-order chi connectivity index (χ1) is 6.70. The molecule has 72 valence electrons. The van der Waals surface area contributed by atoms with Crippen molar-refractivity contribution in [3.63, 3.8) is 0 Å². The Balaban J connectivity index is 2.64. The van der Waals surface area contributed by atoms with Crippen LogP contribution in [-0.2, 0) is 0 Å². The van der Waals surface area contributed by atoms with Crippen molar-refractivity contribution in [3.05, 3.63) is 40.0 Å². The lowest BCUT2D eigenvalue weighted by molar-refractivity contribution is 0.179. The van der Waals surface area contributed by atoms with Crippen molar-refractivity contribution in [2.75, 3.05) is 0 Å². The van der Waals surface area contributed by atoms with Gasteiger partial charge in [0, 0.05) is 0 Å². The summed E-state index contributed by atoms with van der Waals surface area (Å²) in [6, 6.07) is 9.92. The maximum absolute atomic E-state index is 9.51. The summed E-state index contributed by atoms with van der Waals surface area (Å²) in [5.41, 5.74) is 1.89. The Hall–Kier alpha value is -1.13. The van der Waals surface area contributed by atoms with E-state index in [1.54, 1.807) is 0 Å². The molecule has 2 rings (SSSR count). The standard InChI is InChI=1S/C10H9NOS2/c1-7-9(14-10(13)11(7)12)8-5-3-2-4-6-8/h2-6,12H,1H3. The van der Waals surface area contributed by atoms with Crippen LogP contribution < -0.4 is 0 Å². The van der Waals surface area contributed by atoms with Crippen molar-refractivity contribution in [2.45, 2.75) is 6.92 Å². The molecule has 0 radical (unpaired) electrons. The SMILES string of the molecule is Cc1c(-c2ccccc2)sc(=S)n1O. The first-order valence-electron chi connectivity index (χ1n) is 4.17. The van der Waals surface area contributed by atoms with Crippen LogP contribution in [0, 0.1) is 10.9 Å². The quantitative estimate of drug-likeness (QED) is 0.591. The third kappa shape index (κ3) is 1.47. The maximum atomic E-state index is 9.51. The molecule has 2 aromatic rings. The van der Waals surface area contributed by atoms with Crippen LogP contribution in [-0.4, -0.2) is 9.94 Å². The number of hydrogen-bond donors (Lipinski definition) is 1. The van der Waals surface area contributed by atoms with Gasteiger partial charge in [-0.05, 0) is 24.7 Å². The summed E-state index contributed by atoms with van der Waals surface area (Å²) in [6.07, 6.45) is 0. The fourth-order valence-electron chi connectivity index (χ4n) is 1.29. The highest BCUT2D eigenvalue weighted by Gasteiger charge is 2.08. The summed E-state index contributed by atoms with van der Waals surface area (Å²) < 4.78 is 1.55. The molecule has 0 saturated carbocycles. The molecule has 0 atom stereocenters. The van der Waals surface area contributed by atoms with E-state index in [1.807, 2.05) is 37.3 Å². The molecule has 0 aliphatic carbocycles. The molecule has 4 heteroatoms. The predicted octanol–water partition coefficient (Wildman–Crippen LogP) is 3.49. The molecule has 14 heavy (non-hydrogen) atoms. The Labute approximate surface area is 91.0 Å². The lowest BCUT2D eigenvalue weighted by Crippen LogP contribution is -1.92. The van der Waals surface area contributed by atoms with Gasteiger partial charge in [-0.15, -0.1) is 11.3 Å². The molecule has 0 aliphatic rings. The Morgan fingerprint density at radius 2 is 1.93 bits per heavy atom. The molecule has 1 aromatic heterocycles. The Morgan fingerprint density at radius 1 is 1.29 bits per heavy atom. The van der Waals surface area contributed by atoms with Gasteiger partial charge in [0.25, 0.3) is 0 Å². The molecule has 1 heterocycles. The lowest BCUT2D eigenvalue weighted by atomic mass is 10.2. The van der Waals surface area contributed by atoms with Crippen LogP contribution in [0.5, 0.6) is 0 Å². The van der Waals surface area contributed by atoms with E-state index >= 15 is 0 Å². The van der Waals surface area contributed by atoms with Gasteiger partial charge in [0.1, 0.15) is 0 Å². The monoisotopic (exact) mass is 223 g/mol. The van der Waals surface area contributed by atoms with Gasteiger partial charge in [0.15, 0.2) is 3.95 Å². The van der Waals surface area contributed by atoms with E-state index in [4.69, 9.17) is 12.2 Å². The molecular formula is C10H9NOS2. The van der Waals surface area contributed by atoms with Gasteiger partial charge in [-0.1, -0.05) is 30.3 Å². The summed E-state index contributed by atoms with van der Waals surface area (Å²) in [5.74, 6) is 0. The Morgan fingerprint density at radius 3 is 2.43 bits per heavy atom. The molecule has 0 amide bonds. The fourth-order valence-corrected chi connectivity index (χ4v) is 2.57. The second-order valence-corrected chi connectivity index (χ2v) is 4.60. The van der Waals surface area contributed by atoms with E-state index in [9.17, 15) is 5.21 Å². The zero-order valence-electron chi connectivity index (χ0n) is 7.60. The molecule has 0 bridgehead atoms. The second kappa shape index (κ2) is 3.55. The van der Waals surface area contributed by atoms with E-state index in [1.165, 1.54) is 11.3 Å². The summed E-state index contributed by atoms with van der Waals surface area (Å²) in [6.45, 7) is 1.86. The summed E-state index contributed by atoms with van der Waals surface area (Å²) in [4.78, 5) is 1.03. The van der Waals surface area contributed by atoms with Crippen molar-refractivity contribution in [1.29, 1.82) is 0 Å². The molecule has 0 aliphatic heterocycles. The number of aromatic nitrogens is 1. The number of hydrogen-bond acceptors (Lipinski definition) is 3. The van der Waals surface area contributed by atoms with Crippen molar-refractivity contribution < 1.29 is 5.21 Å². The first-order valence-corrected chi connectivity index (χ1v) is 5.40. The third-order valence-electron chi connectivity index (χ3n) is 2.04. The zero-order valence-corrected chi connectivity index (χ0v) is 9.23. The van der Waals surface area contributed by atoms with E-state index in [2.05, 4.69) is 0 Å². The minimum absolute atomic E-state index is 0.487. The highest BCUT2D eigenvalue weighted by Crippen LogP contribution is 2.29. The summed E-state index contributed by atoms with van der Waals surface area (Å²) in [5, 5.41) is 9.51. The van der Waals surface area contributed by atoms with Gasteiger partial charge < -0.3 is 5.21 Å². The maximum Gasteiger partial charge on any atom is 0.197 e. The molecule has 0 saturated heterocycles. The third-order valence-corrected chi connectivity index (χ3v) is 3.55. The van der Waals surface area contributed by atoms with Gasteiger partial charge >= 0.3 is 0 Å². The minimum Gasteiger partial charge on any atom is -0.427 e. The van der Waals surface area contributed by atoms with Crippen LogP contribution >= 0.6 is 23.6 Å². The number of nitrogens with zero attached hydrogens (tertiary/aromatic N) is 1. The average molecular weight is 223 g/mol. The van der Waals surface area contributed by atoms with Crippen LogP contribution in [0.1, 0.15) is 5.69 Å². The fraction of sp³-hybridized carbons (Fsp3) is 0.100. The smallest absolute Gasteiger partial charge is 0.197 e. The van der Waals surface area contributed by atoms with Gasteiger partial charge in [-0.25, -0.2) is 0 Å². The first kappa shape index (κ1) is 9.43. The van der Waals surface area contributed by atoms with E-state index in [0.29, 0.717) is 3.95 Å².